The summed E-state index contributed by atoms with van der Waals surface area (Å²) in [4.78, 5) is 11.4. The lowest BCUT2D eigenvalue weighted by molar-refractivity contribution is -0.114. The van der Waals surface area contributed by atoms with Crippen molar-refractivity contribution in [3.8, 4) is 0 Å². The second kappa shape index (κ2) is 7.13. The van der Waals surface area contributed by atoms with Crippen LogP contribution in [0, 0.1) is 5.92 Å². The molecule has 3 atom stereocenters. The van der Waals surface area contributed by atoms with Gasteiger partial charge in [0, 0.05) is 33.9 Å². The van der Waals surface area contributed by atoms with Crippen LogP contribution in [0.1, 0.15) is 55.7 Å². The highest BCUT2D eigenvalue weighted by Gasteiger charge is 2.40. The summed E-state index contributed by atoms with van der Waals surface area (Å²) in [6.45, 7) is 1.54. The number of halogens is 2. The number of carbonyl (C=O) groups excluding carboxylic acids is 1. The van der Waals surface area contributed by atoms with Crippen molar-refractivity contribution in [3.63, 3.8) is 0 Å². The Morgan fingerprint density at radius 2 is 1.85 bits per heavy atom. The zero-order valence-corrected chi connectivity index (χ0v) is 16.2. The largest absolute Gasteiger partial charge is 0.378 e. The third-order valence-electron chi connectivity index (χ3n) is 5.64. The Bertz CT molecular complexity index is 832. The highest BCUT2D eigenvalue weighted by atomic mass is 35.5. The van der Waals surface area contributed by atoms with Gasteiger partial charge in [0.1, 0.15) is 0 Å². The van der Waals surface area contributed by atoms with Gasteiger partial charge in [-0.2, -0.15) is 0 Å². The number of carbonyl (C=O) groups is 1. The van der Waals surface area contributed by atoms with Gasteiger partial charge in [-0.25, -0.2) is 0 Å². The second-order valence-corrected chi connectivity index (χ2v) is 8.11. The summed E-state index contributed by atoms with van der Waals surface area (Å²) >= 11 is 13.1. The van der Waals surface area contributed by atoms with Crippen LogP contribution in [0.5, 0.6) is 0 Å². The fourth-order valence-electron chi connectivity index (χ4n) is 4.60. The molecule has 2 aromatic carbocycles. The van der Waals surface area contributed by atoms with Gasteiger partial charge in [0.2, 0.25) is 5.91 Å². The standard InChI is InChI=1S/C21H22Cl2N2O/c1-12(26)24-13-9-10-19-16(11-13)14-5-2-3-6-15(14)21(25-19)20-17(22)7-4-8-18(20)23/h4,7-11,14-15,21,25H,2-3,5-6H2,1H3,(H,24,26). The molecule has 1 aliphatic heterocycles. The lowest BCUT2D eigenvalue weighted by Gasteiger charge is -2.44. The van der Waals surface area contributed by atoms with E-state index in [2.05, 4.69) is 22.8 Å². The maximum absolute atomic E-state index is 11.4. The van der Waals surface area contributed by atoms with E-state index in [4.69, 9.17) is 23.2 Å². The molecule has 1 aliphatic carbocycles. The highest BCUT2D eigenvalue weighted by molar-refractivity contribution is 6.36. The van der Waals surface area contributed by atoms with Crippen molar-refractivity contribution in [2.24, 2.45) is 5.92 Å². The Morgan fingerprint density at radius 1 is 1.12 bits per heavy atom. The summed E-state index contributed by atoms with van der Waals surface area (Å²) in [5.41, 5.74) is 4.27. The number of amides is 1. The summed E-state index contributed by atoms with van der Waals surface area (Å²) in [5, 5.41) is 8.04. The topological polar surface area (TPSA) is 41.1 Å². The van der Waals surface area contributed by atoms with Crippen molar-refractivity contribution < 1.29 is 4.79 Å². The fraction of sp³-hybridized carbons (Fsp3) is 0.381. The zero-order chi connectivity index (χ0) is 18.3. The number of rotatable bonds is 2. The van der Waals surface area contributed by atoms with Crippen LogP contribution in [-0.2, 0) is 4.79 Å². The fourth-order valence-corrected chi connectivity index (χ4v) is 5.23. The summed E-state index contributed by atoms with van der Waals surface area (Å²) in [7, 11) is 0. The molecule has 5 heteroatoms. The van der Waals surface area contributed by atoms with Crippen molar-refractivity contribution >= 4 is 40.5 Å². The first-order valence-electron chi connectivity index (χ1n) is 9.16. The maximum Gasteiger partial charge on any atom is 0.221 e. The predicted molar refractivity (Wildman–Crippen MR) is 108 cm³/mol. The molecule has 1 saturated carbocycles. The number of benzene rings is 2. The van der Waals surface area contributed by atoms with Crippen LogP contribution >= 0.6 is 23.2 Å². The van der Waals surface area contributed by atoms with E-state index in [0.717, 1.165) is 39.8 Å². The highest BCUT2D eigenvalue weighted by Crippen LogP contribution is 2.53. The van der Waals surface area contributed by atoms with Gasteiger partial charge < -0.3 is 10.6 Å². The smallest absolute Gasteiger partial charge is 0.221 e. The molecule has 4 rings (SSSR count). The monoisotopic (exact) mass is 388 g/mol. The SMILES string of the molecule is CC(=O)Nc1ccc2c(c1)C1CCCCC1C(c1c(Cl)cccc1Cl)N2. The van der Waals surface area contributed by atoms with E-state index in [1.165, 1.54) is 25.3 Å². The summed E-state index contributed by atoms with van der Waals surface area (Å²) in [5.74, 6) is 0.849. The zero-order valence-electron chi connectivity index (χ0n) is 14.7. The van der Waals surface area contributed by atoms with Crippen molar-refractivity contribution in [2.75, 3.05) is 10.6 Å². The third-order valence-corrected chi connectivity index (χ3v) is 6.30. The minimum Gasteiger partial charge on any atom is -0.378 e. The molecule has 2 aromatic rings. The molecule has 0 spiro atoms. The van der Waals surface area contributed by atoms with Gasteiger partial charge in [-0.15, -0.1) is 0 Å². The number of hydrogen-bond donors (Lipinski definition) is 2. The first-order chi connectivity index (χ1) is 12.5. The molecule has 1 amide bonds. The molecular formula is C21H22Cl2N2O. The number of fused-ring (bicyclic) bond motifs is 3. The summed E-state index contributed by atoms with van der Waals surface area (Å²) in [6.07, 6.45) is 4.76. The van der Waals surface area contributed by atoms with Crippen molar-refractivity contribution in [1.29, 1.82) is 0 Å². The van der Waals surface area contributed by atoms with Crippen LogP contribution in [0.2, 0.25) is 10.0 Å². The van der Waals surface area contributed by atoms with Crippen LogP contribution < -0.4 is 10.6 Å². The first-order valence-corrected chi connectivity index (χ1v) is 9.92. The van der Waals surface area contributed by atoms with E-state index in [1.807, 2.05) is 24.3 Å². The van der Waals surface area contributed by atoms with Crippen molar-refractivity contribution in [2.45, 2.75) is 44.6 Å². The van der Waals surface area contributed by atoms with Crippen LogP contribution in [0.25, 0.3) is 0 Å². The molecule has 1 heterocycles. The third kappa shape index (κ3) is 3.19. The molecule has 2 N–H and O–H groups in total. The molecule has 1 fully saturated rings. The number of anilines is 2. The van der Waals surface area contributed by atoms with Gasteiger partial charge in [-0.05, 0) is 60.6 Å². The van der Waals surface area contributed by atoms with Gasteiger partial charge in [-0.1, -0.05) is 42.1 Å². The molecule has 0 saturated heterocycles. The van der Waals surface area contributed by atoms with Crippen LogP contribution in [-0.4, -0.2) is 5.91 Å². The molecule has 136 valence electrons. The van der Waals surface area contributed by atoms with E-state index in [9.17, 15) is 4.79 Å². The molecule has 26 heavy (non-hydrogen) atoms. The van der Waals surface area contributed by atoms with Crippen molar-refractivity contribution in [3.05, 3.63) is 57.6 Å². The Labute approximate surface area is 164 Å². The molecule has 0 radical (unpaired) electrons. The Morgan fingerprint density at radius 3 is 2.58 bits per heavy atom. The Hall–Kier alpha value is -1.71. The minimum absolute atomic E-state index is 0.0466. The molecule has 0 aromatic heterocycles. The van der Waals surface area contributed by atoms with Crippen LogP contribution in [0.15, 0.2) is 36.4 Å². The average molecular weight is 389 g/mol. The number of nitrogens with one attached hydrogen (secondary N) is 2. The van der Waals surface area contributed by atoms with E-state index in [-0.39, 0.29) is 11.9 Å². The quantitative estimate of drug-likeness (QED) is 0.625. The van der Waals surface area contributed by atoms with E-state index in [0.29, 0.717) is 11.8 Å². The van der Waals surface area contributed by atoms with E-state index in [1.54, 1.807) is 0 Å². The molecular weight excluding hydrogens is 367 g/mol. The van der Waals surface area contributed by atoms with Gasteiger partial charge >= 0.3 is 0 Å². The van der Waals surface area contributed by atoms with Crippen LogP contribution in [0.4, 0.5) is 11.4 Å². The predicted octanol–water partition coefficient (Wildman–Crippen LogP) is 6.39. The molecule has 0 bridgehead atoms. The van der Waals surface area contributed by atoms with Crippen LogP contribution in [0.3, 0.4) is 0 Å². The minimum atomic E-state index is -0.0466. The maximum atomic E-state index is 11.4. The Balaban J connectivity index is 1.78. The normalized spacial score (nSPS) is 24.2. The molecule has 3 unspecified atom stereocenters. The Kier molecular flexibility index (Phi) is 4.85. The van der Waals surface area contributed by atoms with Gasteiger partial charge in [0.15, 0.2) is 0 Å². The second-order valence-electron chi connectivity index (χ2n) is 7.30. The van der Waals surface area contributed by atoms with Gasteiger partial charge in [0.05, 0.1) is 6.04 Å². The molecule has 3 nitrogen and oxygen atoms in total. The number of hydrogen-bond acceptors (Lipinski definition) is 2. The first kappa shape index (κ1) is 17.7. The molecule has 2 aliphatic rings. The lowest BCUT2D eigenvalue weighted by atomic mass is 9.68. The van der Waals surface area contributed by atoms with Crippen molar-refractivity contribution in [1.82, 2.24) is 0 Å². The average Bonchev–Trinajstić information content (AvgIpc) is 2.61. The summed E-state index contributed by atoms with van der Waals surface area (Å²) in [6, 6.07) is 12.0. The van der Waals surface area contributed by atoms with E-state index >= 15 is 0 Å². The lowest BCUT2D eigenvalue weighted by Crippen LogP contribution is -2.34. The summed E-state index contributed by atoms with van der Waals surface area (Å²) < 4.78 is 0. The van der Waals surface area contributed by atoms with E-state index < -0.39 is 0 Å². The van der Waals surface area contributed by atoms with Gasteiger partial charge in [0.25, 0.3) is 0 Å². The van der Waals surface area contributed by atoms with Gasteiger partial charge in [-0.3, -0.25) is 4.79 Å².